The normalized spacial score (nSPS) is 14.6. The lowest BCUT2D eigenvalue weighted by molar-refractivity contribution is -0.351. The molecule has 0 saturated heterocycles. The van der Waals surface area contributed by atoms with Crippen molar-refractivity contribution in [3.8, 4) is 5.82 Å². The Bertz CT molecular complexity index is 1830. The number of aromatic nitrogens is 7. The number of benzene rings is 1. The molecule has 5 rings (SSSR count). The number of nitrogens with one attached hydrogen (secondary N) is 2. The van der Waals surface area contributed by atoms with E-state index in [9.17, 15) is 40.3 Å². The van der Waals surface area contributed by atoms with Gasteiger partial charge in [0.15, 0.2) is 5.82 Å². The Kier molecular flexibility index (Phi) is 9.25. The molecule has 0 spiro atoms. The quantitative estimate of drug-likeness (QED) is 0.158. The smallest absolute Gasteiger partial charge is 0.349 e. The number of halogens is 9. The second kappa shape index (κ2) is 12.6. The first-order valence-corrected chi connectivity index (χ1v) is 15.1. The molecule has 2 amide bonds. The van der Waals surface area contributed by atoms with Crippen LogP contribution in [0.15, 0.2) is 36.5 Å². The van der Waals surface area contributed by atoms with Gasteiger partial charge in [-0.2, -0.15) is 36.2 Å². The van der Waals surface area contributed by atoms with Crippen LogP contribution in [0.5, 0.6) is 0 Å². The lowest BCUT2D eigenvalue weighted by Crippen LogP contribution is -2.51. The first kappa shape index (κ1) is 34.5. The number of hydrogen-bond donors (Lipinski definition) is 2. The Hall–Kier alpha value is -3.88. The van der Waals surface area contributed by atoms with Crippen molar-refractivity contribution in [2.75, 3.05) is 5.32 Å². The molecule has 1 atom stereocenters. The zero-order chi connectivity index (χ0) is 34.5. The minimum absolute atomic E-state index is 0.0227. The molecular formula is C27H22ClF7IN9O2. The number of anilines is 1. The summed E-state index contributed by atoms with van der Waals surface area (Å²) in [5.41, 5.74) is -5.42. The molecule has 250 valence electrons. The number of nitrogens with zero attached hydrogens (tertiary/aromatic N) is 7. The summed E-state index contributed by atoms with van der Waals surface area (Å²) in [6, 6.07) is 7.27. The molecule has 0 radical (unpaired) electrons. The second-order valence-electron chi connectivity index (χ2n) is 10.7. The highest BCUT2D eigenvalue weighted by atomic mass is 127. The van der Waals surface area contributed by atoms with E-state index in [0.717, 1.165) is 27.2 Å². The summed E-state index contributed by atoms with van der Waals surface area (Å²) in [5.74, 6) is -3.24. The van der Waals surface area contributed by atoms with Gasteiger partial charge in [-0.3, -0.25) is 9.59 Å². The Labute approximate surface area is 279 Å². The summed E-state index contributed by atoms with van der Waals surface area (Å²) in [6.45, 7) is 2.82. The van der Waals surface area contributed by atoms with Crippen molar-refractivity contribution in [1.82, 2.24) is 40.3 Å². The molecule has 1 aliphatic carbocycles. The summed E-state index contributed by atoms with van der Waals surface area (Å²) in [4.78, 5) is 31.4. The molecule has 0 bridgehead atoms. The Morgan fingerprint density at radius 2 is 1.74 bits per heavy atom. The predicted molar refractivity (Wildman–Crippen MR) is 160 cm³/mol. The Balaban J connectivity index is 1.50. The third-order valence-corrected chi connectivity index (χ3v) is 8.17. The van der Waals surface area contributed by atoms with Gasteiger partial charge in [-0.05, 0) is 96.3 Å². The van der Waals surface area contributed by atoms with E-state index >= 15 is 0 Å². The molecule has 0 aliphatic heterocycles. The summed E-state index contributed by atoms with van der Waals surface area (Å²) < 4.78 is 95.2. The van der Waals surface area contributed by atoms with E-state index in [-0.39, 0.29) is 44.3 Å². The molecule has 3 aromatic heterocycles. The SMILES string of the molecule is Cc1cc(I)cc(C(=O)NC(C)C2CC2)c1NC(=O)c1cc(Cn2nnc(C(F)(C(F)(F)F)C(F)(F)F)n2)nn1-c1ncccc1Cl. The minimum atomic E-state index is -6.44. The second-order valence-corrected chi connectivity index (χ2v) is 12.4. The Morgan fingerprint density at radius 3 is 2.36 bits per heavy atom. The third kappa shape index (κ3) is 6.90. The van der Waals surface area contributed by atoms with Gasteiger partial charge in [0.1, 0.15) is 12.2 Å². The summed E-state index contributed by atoms with van der Waals surface area (Å²) in [5, 5.41) is 18.6. The standard InChI is InChI=1S/C27H22ClF7IN9O2/c1-12-8-15(36)9-17(22(46)38-13(2)14-5-6-14)20(12)39-23(47)19-10-16(41-45(19)21-18(28)4-3-7-37-21)11-44-42-24(40-43-44)25(29,26(30,31)32)27(33,34)35/h3-4,7-10,13-14H,5-6,11H2,1-2H3,(H,38,46)(H,39,47). The van der Waals surface area contributed by atoms with E-state index in [1.54, 1.807) is 19.1 Å². The minimum Gasteiger partial charge on any atom is -0.349 e. The maximum absolute atomic E-state index is 14.4. The molecule has 1 aromatic carbocycles. The van der Waals surface area contributed by atoms with Gasteiger partial charge in [-0.15, -0.1) is 10.2 Å². The number of carbonyl (C=O) groups excluding carboxylic acids is 2. The average Bonchev–Trinajstić information content (AvgIpc) is 3.59. The number of amides is 2. The van der Waals surface area contributed by atoms with Crippen molar-refractivity contribution >= 4 is 51.7 Å². The largest absolute Gasteiger partial charge is 0.439 e. The van der Waals surface area contributed by atoms with Crippen LogP contribution < -0.4 is 10.6 Å². The van der Waals surface area contributed by atoms with E-state index in [1.807, 2.05) is 29.5 Å². The lowest BCUT2D eigenvalue weighted by Gasteiger charge is -2.26. The van der Waals surface area contributed by atoms with Crippen LogP contribution >= 0.6 is 34.2 Å². The van der Waals surface area contributed by atoms with Crippen LogP contribution in [-0.2, 0) is 12.2 Å². The van der Waals surface area contributed by atoms with E-state index in [1.165, 1.54) is 18.3 Å². The molecule has 1 aliphatic rings. The Morgan fingerprint density at radius 1 is 1.06 bits per heavy atom. The molecule has 47 heavy (non-hydrogen) atoms. The fourth-order valence-corrected chi connectivity index (χ4v) is 5.62. The fourth-order valence-electron chi connectivity index (χ4n) is 4.64. The zero-order valence-electron chi connectivity index (χ0n) is 24.1. The van der Waals surface area contributed by atoms with Crippen molar-refractivity contribution < 1.29 is 40.3 Å². The highest BCUT2D eigenvalue weighted by Crippen LogP contribution is 2.51. The number of aryl methyl sites for hydroxylation is 1. The number of pyridine rings is 1. The van der Waals surface area contributed by atoms with Crippen molar-refractivity contribution in [3.05, 3.63) is 73.5 Å². The molecule has 1 unspecified atom stereocenters. The van der Waals surface area contributed by atoms with Crippen molar-refractivity contribution in [1.29, 1.82) is 0 Å². The number of hydrogen-bond acceptors (Lipinski definition) is 7. The van der Waals surface area contributed by atoms with Gasteiger partial charge >= 0.3 is 18.0 Å². The van der Waals surface area contributed by atoms with E-state index in [4.69, 9.17) is 11.6 Å². The number of tetrazole rings is 1. The molecule has 3 heterocycles. The van der Waals surface area contributed by atoms with Crippen molar-refractivity contribution in [2.45, 2.75) is 57.3 Å². The third-order valence-electron chi connectivity index (χ3n) is 7.25. The maximum Gasteiger partial charge on any atom is 0.439 e. The maximum atomic E-state index is 14.4. The van der Waals surface area contributed by atoms with Crippen LogP contribution in [-0.4, -0.2) is 65.2 Å². The van der Waals surface area contributed by atoms with Crippen LogP contribution in [0.3, 0.4) is 0 Å². The molecular weight excluding hydrogens is 778 g/mol. The lowest BCUT2D eigenvalue weighted by atomic mass is 10.1. The van der Waals surface area contributed by atoms with E-state index in [2.05, 4.69) is 36.1 Å². The molecule has 1 fully saturated rings. The monoisotopic (exact) mass is 799 g/mol. The van der Waals surface area contributed by atoms with E-state index < -0.39 is 42.2 Å². The van der Waals surface area contributed by atoms with Gasteiger partial charge in [0.25, 0.3) is 11.8 Å². The summed E-state index contributed by atoms with van der Waals surface area (Å²) in [6.07, 6.45) is -9.58. The highest BCUT2D eigenvalue weighted by molar-refractivity contribution is 14.1. The number of alkyl halides is 7. The first-order chi connectivity index (χ1) is 21.9. The van der Waals surface area contributed by atoms with Gasteiger partial charge in [0.05, 0.1) is 22.0 Å². The van der Waals surface area contributed by atoms with Crippen molar-refractivity contribution in [2.24, 2.45) is 5.92 Å². The van der Waals surface area contributed by atoms with Crippen LogP contribution in [0.25, 0.3) is 5.82 Å². The van der Waals surface area contributed by atoms with Crippen LogP contribution in [0.2, 0.25) is 5.02 Å². The van der Waals surface area contributed by atoms with Gasteiger partial charge < -0.3 is 10.6 Å². The van der Waals surface area contributed by atoms with Gasteiger partial charge in [-0.1, -0.05) is 11.6 Å². The van der Waals surface area contributed by atoms with E-state index in [0.29, 0.717) is 11.5 Å². The van der Waals surface area contributed by atoms with Crippen LogP contribution in [0, 0.1) is 16.4 Å². The molecule has 4 aromatic rings. The van der Waals surface area contributed by atoms with Gasteiger partial charge in [0.2, 0.25) is 5.82 Å². The first-order valence-electron chi connectivity index (χ1n) is 13.6. The highest BCUT2D eigenvalue weighted by Gasteiger charge is 2.76. The predicted octanol–water partition coefficient (Wildman–Crippen LogP) is 5.94. The molecule has 11 nitrogen and oxygen atoms in total. The summed E-state index contributed by atoms with van der Waals surface area (Å²) >= 11 is 8.32. The molecule has 2 N–H and O–H groups in total. The number of rotatable bonds is 9. The zero-order valence-corrected chi connectivity index (χ0v) is 27.0. The van der Waals surface area contributed by atoms with Crippen molar-refractivity contribution in [3.63, 3.8) is 0 Å². The van der Waals surface area contributed by atoms with Crippen LogP contribution in [0.4, 0.5) is 36.4 Å². The molecule has 1 saturated carbocycles. The van der Waals surface area contributed by atoms with Crippen LogP contribution in [0.1, 0.15) is 57.7 Å². The van der Waals surface area contributed by atoms with Gasteiger partial charge in [-0.25, -0.2) is 14.1 Å². The summed E-state index contributed by atoms with van der Waals surface area (Å²) in [7, 11) is 0. The topological polar surface area (TPSA) is 133 Å². The molecule has 20 heteroatoms. The van der Waals surface area contributed by atoms with Gasteiger partial charge in [0, 0.05) is 15.8 Å². The average molecular weight is 800 g/mol. The number of carbonyl (C=O) groups is 2. The fraction of sp³-hybridized carbons (Fsp3) is 0.370.